The van der Waals surface area contributed by atoms with Gasteiger partial charge in [-0.2, -0.15) is 0 Å². The number of hydrogen-bond acceptors (Lipinski definition) is 5. The summed E-state index contributed by atoms with van der Waals surface area (Å²) in [5.41, 5.74) is 5.50. The molecule has 1 unspecified atom stereocenters. The maximum Gasteiger partial charge on any atom is 0.304 e. The maximum absolute atomic E-state index is 11.2. The molecule has 0 aliphatic carbocycles. The lowest BCUT2D eigenvalue weighted by Crippen LogP contribution is -2.36. The first-order valence-electron chi connectivity index (χ1n) is 13.2. The Bertz CT molecular complexity index is 402. The molecule has 0 aromatic heterocycles. The molecule has 0 bridgehead atoms. The highest BCUT2D eigenvalue weighted by molar-refractivity contribution is 5.66. The zero-order valence-electron chi connectivity index (χ0n) is 20.8. The number of nitrogens with two attached hydrogens (primary N) is 1. The molecule has 5 heteroatoms. The van der Waals surface area contributed by atoms with Crippen molar-refractivity contribution in [2.24, 2.45) is 5.73 Å². The predicted molar refractivity (Wildman–Crippen MR) is 134 cm³/mol. The van der Waals surface area contributed by atoms with E-state index in [1.165, 1.54) is 96.8 Å². The van der Waals surface area contributed by atoms with Crippen molar-refractivity contribution in [3.05, 3.63) is 12.3 Å². The molecule has 0 rings (SSSR count). The van der Waals surface area contributed by atoms with E-state index >= 15 is 0 Å². The summed E-state index contributed by atoms with van der Waals surface area (Å²) < 4.78 is 5.28. The van der Waals surface area contributed by atoms with Gasteiger partial charge in [-0.05, 0) is 38.6 Å². The number of hydrogen-bond donors (Lipinski definition) is 3. The molecule has 31 heavy (non-hydrogen) atoms. The highest BCUT2D eigenvalue weighted by Crippen LogP contribution is 2.13. The number of rotatable bonds is 24. The number of esters is 1. The van der Waals surface area contributed by atoms with Crippen LogP contribution < -0.4 is 16.4 Å². The maximum atomic E-state index is 11.2. The normalized spacial score (nSPS) is 12.4. The van der Waals surface area contributed by atoms with Gasteiger partial charge >= 0.3 is 5.97 Å². The molecule has 0 amide bonds. The van der Waals surface area contributed by atoms with Crippen LogP contribution >= 0.6 is 0 Å². The molecule has 0 aromatic carbocycles. The summed E-state index contributed by atoms with van der Waals surface area (Å²) in [5, 5.41) is 6.52. The van der Waals surface area contributed by atoms with Crippen molar-refractivity contribution in [2.45, 2.75) is 129 Å². The number of ether oxygens (including phenoxy) is 1. The van der Waals surface area contributed by atoms with E-state index in [0.717, 1.165) is 32.4 Å². The summed E-state index contributed by atoms with van der Waals surface area (Å²) in [5.74, 6) is -0.251. The van der Waals surface area contributed by atoms with Crippen molar-refractivity contribution >= 4 is 5.97 Å². The molecular weight excluding hydrogens is 386 g/mol. The van der Waals surface area contributed by atoms with Crippen LogP contribution in [-0.2, 0) is 9.53 Å². The average Bonchev–Trinajstić information content (AvgIpc) is 2.75. The molecule has 0 heterocycles. The molecule has 0 spiro atoms. The Morgan fingerprint density at radius 1 is 0.839 bits per heavy atom. The van der Waals surface area contributed by atoms with Crippen molar-refractivity contribution in [3.63, 3.8) is 0 Å². The monoisotopic (exact) mass is 439 g/mol. The van der Waals surface area contributed by atoms with Crippen LogP contribution in [0.15, 0.2) is 12.3 Å². The standard InChI is InChI=1S/C26H53N3O2/c1-3-4-5-6-7-8-9-10-11-12-13-14-15-16-17-18-22-28-24-20-26(31-25(2)30)29-23-19-21-27/h18,22,26,28-29H,3-17,19-21,23-24,27H2,1-2H3/b22-18-. The van der Waals surface area contributed by atoms with Gasteiger partial charge in [-0.3, -0.25) is 10.1 Å². The Balaban J connectivity index is 3.38. The van der Waals surface area contributed by atoms with Crippen molar-refractivity contribution in [2.75, 3.05) is 19.6 Å². The molecular formula is C26H53N3O2. The number of carbonyl (C=O) groups excluding carboxylic acids is 1. The molecule has 0 saturated heterocycles. The van der Waals surface area contributed by atoms with E-state index in [1.807, 2.05) is 6.20 Å². The Kier molecular flexibility index (Phi) is 24.3. The second-order valence-electron chi connectivity index (χ2n) is 8.72. The third kappa shape index (κ3) is 25.1. The van der Waals surface area contributed by atoms with Gasteiger partial charge in [0.2, 0.25) is 0 Å². The van der Waals surface area contributed by atoms with Crippen molar-refractivity contribution in [3.8, 4) is 0 Å². The van der Waals surface area contributed by atoms with Crippen LogP contribution in [0.3, 0.4) is 0 Å². The fourth-order valence-corrected chi connectivity index (χ4v) is 3.69. The Morgan fingerprint density at radius 3 is 1.90 bits per heavy atom. The first kappa shape index (κ1) is 29.9. The third-order valence-electron chi connectivity index (χ3n) is 5.57. The van der Waals surface area contributed by atoms with E-state index in [-0.39, 0.29) is 12.2 Å². The minimum atomic E-state index is -0.251. The summed E-state index contributed by atoms with van der Waals surface area (Å²) >= 11 is 0. The van der Waals surface area contributed by atoms with E-state index in [0.29, 0.717) is 6.54 Å². The zero-order valence-corrected chi connectivity index (χ0v) is 20.8. The van der Waals surface area contributed by atoms with Gasteiger partial charge in [0, 0.05) is 19.9 Å². The van der Waals surface area contributed by atoms with Crippen LogP contribution in [0.25, 0.3) is 0 Å². The highest BCUT2D eigenvalue weighted by Gasteiger charge is 2.09. The number of allylic oxidation sites excluding steroid dienone is 1. The van der Waals surface area contributed by atoms with Gasteiger partial charge in [0.15, 0.2) is 6.23 Å². The van der Waals surface area contributed by atoms with Crippen LogP contribution in [0.5, 0.6) is 0 Å². The molecule has 5 nitrogen and oxygen atoms in total. The first-order chi connectivity index (χ1) is 15.2. The molecule has 0 saturated carbocycles. The third-order valence-corrected chi connectivity index (χ3v) is 5.57. The first-order valence-corrected chi connectivity index (χ1v) is 13.2. The lowest BCUT2D eigenvalue weighted by atomic mass is 10.0. The average molecular weight is 440 g/mol. The second kappa shape index (κ2) is 25.2. The Hall–Kier alpha value is -1.07. The predicted octanol–water partition coefficient (Wildman–Crippen LogP) is 6.18. The molecule has 0 aromatic rings. The SMILES string of the molecule is CCCCCCCCCCCCCCCC/C=C\NCCC(NCCCN)OC(C)=O. The van der Waals surface area contributed by atoms with Crippen molar-refractivity contribution < 1.29 is 9.53 Å². The van der Waals surface area contributed by atoms with Gasteiger partial charge in [-0.1, -0.05) is 96.5 Å². The summed E-state index contributed by atoms with van der Waals surface area (Å²) in [6.07, 6.45) is 26.4. The number of nitrogens with one attached hydrogen (secondary N) is 2. The minimum Gasteiger partial charge on any atom is -0.447 e. The number of unbranched alkanes of at least 4 members (excludes halogenated alkanes) is 14. The lowest BCUT2D eigenvalue weighted by molar-refractivity contribution is -0.148. The fourth-order valence-electron chi connectivity index (χ4n) is 3.69. The number of carbonyl (C=O) groups is 1. The fraction of sp³-hybridized carbons (Fsp3) is 0.885. The summed E-state index contributed by atoms with van der Waals surface area (Å²) in [6.45, 7) is 5.92. The highest BCUT2D eigenvalue weighted by atomic mass is 16.6. The van der Waals surface area contributed by atoms with E-state index in [1.54, 1.807) is 0 Å². The van der Waals surface area contributed by atoms with Crippen LogP contribution in [0.1, 0.15) is 123 Å². The minimum absolute atomic E-state index is 0.240. The van der Waals surface area contributed by atoms with Gasteiger partial charge in [-0.15, -0.1) is 0 Å². The Morgan fingerprint density at radius 2 is 1.39 bits per heavy atom. The quantitative estimate of drug-likeness (QED) is 0.0951. The summed E-state index contributed by atoms with van der Waals surface area (Å²) in [4.78, 5) is 11.2. The second-order valence-corrected chi connectivity index (χ2v) is 8.72. The summed E-state index contributed by atoms with van der Waals surface area (Å²) in [7, 11) is 0. The molecule has 4 N–H and O–H groups in total. The summed E-state index contributed by atoms with van der Waals surface area (Å²) in [6, 6.07) is 0. The van der Waals surface area contributed by atoms with Crippen LogP contribution in [0, 0.1) is 0 Å². The van der Waals surface area contributed by atoms with Crippen LogP contribution in [0.2, 0.25) is 0 Å². The van der Waals surface area contributed by atoms with E-state index in [4.69, 9.17) is 10.5 Å². The van der Waals surface area contributed by atoms with Crippen molar-refractivity contribution in [1.82, 2.24) is 10.6 Å². The molecule has 184 valence electrons. The molecule has 0 aliphatic rings. The van der Waals surface area contributed by atoms with Gasteiger partial charge < -0.3 is 15.8 Å². The van der Waals surface area contributed by atoms with Gasteiger partial charge in [0.1, 0.15) is 0 Å². The molecule has 0 aliphatic heterocycles. The van der Waals surface area contributed by atoms with Gasteiger partial charge in [0.25, 0.3) is 0 Å². The van der Waals surface area contributed by atoms with Crippen molar-refractivity contribution in [1.29, 1.82) is 0 Å². The molecule has 0 fully saturated rings. The van der Waals surface area contributed by atoms with Crippen LogP contribution in [0.4, 0.5) is 0 Å². The zero-order chi connectivity index (χ0) is 22.8. The van der Waals surface area contributed by atoms with Crippen LogP contribution in [-0.4, -0.2) is 31.8 Å². The van der Waals surface area contributed by atoms with Gasteiger partial charge in [-0.25, -0.2) is 0 Å². The van der Waals surface area contributed by atoms with E-state index in [2.05, 4.69) is 23.6 Å². The molecule has 0 radical (unpaired) electrons. The van der Waals surface area contributed by atoms with E-state index < -0.39 is 0 Å². The lowest BCUT2D eigenvalue weighted by Gasteiger charge is -2.18. The van der Waals surface area contributed by atoms with Gasteiger partial charge in [0.05, 0.1) is 0 Å². The smallest absolute Gasteiger partial charge is 0.304 e. The molecule has 1 atom stereocenters. The topological polar surface area (TPSA) is 76.4 Å². The Labute approximate surface area is 193 Å². The largest absolute Gasteiger partial charge is 0.447 e. The van der Waals surface area contributed by atoms with E-state index in [9.17, 15) is 4.79 Å².